The molecule has 0 radical (unpaired) electrons. The summed E-state index contributed by atoms with van der Waals surface area (Å²) in [6.07, 6.45) is 1.45. The predicted molar refractivity (Wildman–Crippen MR) is 75.8 cm³/mol. The van der Waals surface area contributed by atoms with E-state index in [0.29, 0.717) is 11.3 Å². The molecule has 0 spiro atoms. The van der Waals surface area contributed by atoms with Crippen LogP contribution in [0.5, 0.6) is 0 Å². The number of benzene rings is 1. The van der Waals surface area contributed by atoms with Crippen LogP contribution >= 0.6 is 11.8 Å². The summed E-state index contributed by atoms with van der Waals surface area (Å²) in [5, 5.41) is 2.98. The van der Waals surface area contributed by atoms with Crippen molar-refractivity contribution in [1.29, 1.82) is 0 Å². The molecule has 1 aromatic carbocycles. The summed E-state index contributed by atoms with van der Waals surface area (Å²) in [5.41, 5.74) is -0.676. The van der Waals surface area contributed by atoms with E-state index in [2.05, 4.69) is 5.32 Å². The van der Waals surface area contributed by atoms with Crippen LogP contribution in [0.3, 0.4) is 0 Å². The van der Waals surface area contributed by atoms with Crippen LogP contribution in [0.1, 0.15) is 19.8 Å². The maximum atomic E-state index is 13.4. The van der Waals surface area contributed by atoms with Crippen LogP contribution in [0.25, 0.3) is 0 Å². The quantitative estimate of drug-likeness (QED) is 0.475. The van der Waals surface area contributed by atoms with Crippen molar-refractivity contribution in [3.63, 3.8) is 0 Å². The zero-order valence-corrected chi connectivity index (χ0v) is 12.3. The second kappa shape index (κ2) is 7.50. The molecule has 0 aliphatic carbocycles. The fraction of sp³-hybridized carbons (Fsp3) is 0.500. The van der Waals surface area contributed by atoms with Gasteiger partial charge in [-0.3, -0.25) is 4.79 Å². The Balaban J connectivity index is 2.42. The lowest BCUT2D eigenvalue weighted by atomic mass is 9.97. The van der Waals surface area contributed by atoms with Gasteiger partial charge < -0.3 is 10.1 Å². The van der Waals surface area contributed by atoms with Crippen molar-refractivity contribution in [2.45, 2.75) is 30.2 Å². The molecule has 0 aromatic heterocycles. The van der Waals surface area contributed by atoms with Gasteiger partial charge in [0.05, 0.1) is 7.11 Å². The number of thioether (sulfide) groups is 1. The topological polar surface area (TPSA) is 38.3 Å². The van der Waals surface area contributed by atoms with Crippen molar-refractivity contribution < 1.29 is 13.9 Å². The number of hydrogen-bond acceptors (Lipinski definition) is 4. The predicted octanol–water partition coefficient (Wildman–Crippen LogP) is 2.85. The third kappa shape index (κ3) is 4.51. The highest BCUT2D eigenvalue weighted by molar-refractivity contribution is 7.99. The minimum atomic E-state index is -0.676. The maximum Gasteiger partial charge on any atom is 0.325 e. The fourth-order valence-electron chi connectivity index (χ4n) is 1.72. The van der Waals surface area contributed by atoms with E-state index in [4.69, 9.17) is 4.74 Å². The van der Waals surface area contributed by atoms with E-state index in [0.717, 1.165) is 12.2 Å². The Morgan fingerprint density at radius 2 is 2.16 bits per heavy atom. The highest BCUT2D eigenvalue weighted by Gasteiger charge is 2.31. The van der Waals surface area contributed by atoms with Crippen molar-refractivity contribution in [2.24, 2.45) is 0 Å². The minimum Gasteiger partial charge on any atom is -0.468 e. The normalized spacial score (nSPS) is 13.9. The van der Waals surface area contributed by atoms with E-state index < -0.39 is 5.54 Å². The van der Waals surface area contributed by atoms with Gasteiger partial charge in [-0.2, -0.15) is 0 Å². The maximum absolute atomic E-state index is 13.4. The van der Waals surface area contributed by atoms with Crippen LogP contribution in [0.4, 0.5) is 4.39 Å². The molecular weight excluding hydrogens is 265 g/mol. The molecule has 1 N–H and O–H groups in total. The molecular formula is C14H20FNO2S. The number of nitrogens with one attached hydrogen (secondary N) is 1. The van der Waals surface area contributed by atoms with Gasteiger partial charge in [0.1, 0.15) is 11.4 Å². The smallest absolute Gasteiger partial charge is 0.325 e. The van der Waals surface area contributed by atoms with E-state index in [1.54, 1.807) is 19.2 Å². The van der Waals surface area contributed by atoms with Crippen LogP contribution in [-0.2, 0) is 9.53 Å². The summed E-state index contributed by atoms with van der Waals surface area (Å²) < 4.78 is 18.2. The molecule has 1 unspecified atom stereocenters. The zero-order chi connectivity index (χ0) is 14.3. The molecule has 5 heteroatoms. The van der Waals surface area contributed by atoms with Gasteiger partial charge in [-0.1, -0.05) is 12.1 Å². The lowest BCUT2D eigenvalue weighted by Crippen LogP contribution is -2.48. The molecule has 0 saturated heterocycles. The van der Waals surface area contributed by atoms with E-state index in [1.807, 2.05) is 13.0 Å². The largest absolute Gasteiger partial charge is 0.468 e. The zero-order valence-electron chi connectivity index (χ0n) is 11.5. The number of methoxy groups -OCH3 is 1. The molecule has 19 heavy (non-hydrogen) atoms. The van der Waals surface area contributed by atoms with Crippen LogP contribution < -0.4 is 5.32 Å². The van der Waals surface area contributed by atoms with Gasteiger partial charge in [-0.25, -0.2) is 4.39 Å². The van der Waals surface area contributed by atoms with Crippen LogP contribution in [-0.4, -0.2) is 31.4 Å². The number of carbonyl (C=O) groups is 1. The molecule has 1 rings (SSSR count). The van der Waals surface area contributed by atoms with Gasteiger partial charge in [0.25, 0.3) is 0 Å². The van der Waals surface area contributed by atoms with Gasteiger partial charge in [-0.05, 0) is 44.7 Å². The Kier molecular flexibility index (Phi) is 6.31. The number of hydrogen-bond donors (Lipinski definition) is 1. The highest BCUT2D eigenvalue weighted by atomic mass is 32.2. The van der Waals surface area contributed by atoms with Gasteiger partial charge in [-0.15, -0.1) is 11.8 Å². The Morgan fingerprint density at radius 3 is 2.74 bits per heavy atom. The Morgan fingerprint density at radius 1 is 1.47 bits per heavy atom. The lowest BCUT2D eigenvalue weighted by Gasteiger charge is -2.25. The monoisotopic (exact) mass is 285 g/mol. The second-order valence-electron chi connectivity index (χ2n) is 4.46. The molecule has 3 nitrogen and oxygen atoms in total. The molecule has 0 heterocycles. The average Bonchev–Trinajstić information content (AvgIpc) is 2.44. The number of likely N-dealkylation sites (N-methyl/N-ethyl adjacent to an activating group) is 1. The first-order chi connectivity index (χ1) is 9.03. The summed E-state index contributed by atoms with van der Waals surface area (Å²) in [6, 6.07) is 6.71. The lowest BCUT2D eigenvalue weighted by molar-refractivity contribution is -0.148. The SMILES string of the molecule is CNC(C)(CCCSc1ccccc1F)C(=O)OC. The Bertz CT molecular complexity index is 428. The van der Waals surface area contributed by atoms with E-state index >= 15 is 0 Å². The number of ether oxygens (including phenoxy) is 1. The number of carbonyl (C=O) groups excluding carboxylic acids is 1. The molecule has 0 saturated carbocycles. The number of esters is 1. The number of halogens is 1. The summed E-state index contributed by atoms with van der Waals surface area (Å²) in [7, 11) is 3.12. The van der Waals surface area contributed by atoms with Crippen molar-refractivity contribution in [1.82, 2.24) is 5.32 Å². The van der Waals surface area contributed by atoms with Crippen LogP contribution in [0.15, 0.2) is 29.2 Å². The fourth-order valence-corrected chi connectivity index (χ4v) is 2.61. The van der Waals surface area contributed by atoms with Crippen molar-refractivity contribution in [3.05, 3.63) is 30.1 Å². The van der Waals surface area contributed by atoms with E-state index in [-0.39, 0.29) is 11.8 Å². The standard InChI is InChI=1S/C14H20FNO2S/c1-14(16-2,13(17)18-3)9-6-10-19-12-8-5-4-7-11(12)15/h4-5,7-8,16H,6,9-10H2,1-3H3. The van der Waals surface area contributed by atoms with Gasteiger partial charge in [0.15, 0.2) is 0 Å². The first kappa shape index (κ1) is 16.0. The second-order valence-corrected chi connectivity index (χ2v) is 5.59. The average molecular weight is 285 g/mol. The first-order valence-electron chi connectivity index (χ1n) is 6.18. The third-order valence-corrected chi connectivity index (χ3v) is 4.24. The molecule has 1 atom stereocenters. The van der Waals surface area contributed by atoms with Crippen LogP contribution in [0, 0.1) is 5.82 Å². The van der Waals surface area contributed by atoms with Gasteiger partial charge in [0, 0.05) is 4.90 Å². The minimum absolute atomic E-state index is 0.197. The molecule has 0 aliphatic rings. The van der Waals surface area contributed by atoms with Gasteiger partial charge >= 0.3 is 5.97 Å². The molecule has 0 fully saturated rings. The van der Waals surface area contributed by atoms with Crippen LogP contribution in [0.2, 0.25) is 0 Å². The molecule has 0 amide bonds. The summed E-state index contributed by atoms with van der Waals surface area (Å²) in [6.45, 7) is 1.81. The summed E-state index contributed by atoms with van der Waals surface area (Å²) in [5.74, 6) is 0.289. The Labute approximate surface area is 117 Å². The molecule has 0 aliphatic heterocycles. The summed E-state index contributed by atoms with van der Waals surface area (Å²) in [4.78, 5) is 12.3. The number of rotatable bonds is 7. The Hall–Kier alpha value is -1.07. The first-order valence-corrected chi connectivity index (χ1v) is 7.16. The summed E-state index contributed by atoms with van der Waals surface area (Å²) >= 11 is 1.46. The van der Waals surface area contributed by atoms with Crippen molar-refractivity contribution in [2.75, 3.05) is 19.9 Å². The molecule has 106 valence electrons. The molecule has 0 bridgehead atoms. The highest BCUT2D eigenvalue weighted by Crippen LogP contribution is 2.24. The molecule has 1 aromatic rings. The van der Waals surface area contributed by atoms with Gasteiger partial charge in [0.2, 0.25) is 0 Å². The van der Waals surface area contributed by atoms with Crippen molar-refractivity contribution >= 4 is 17.7 Å². The third-order valence-electron chi connectivity index (χ3n) is 3.10. The van der Waals surface area contributed by atoms with E-state index in [1.165, 1.54) is 24.9 Å². The van der Waals surface area contributed by atoms with Crippen molar-refractivity contribution in [3.8, 4) is 0 Å². The van der Waals surface area contributed by atoms with E-state index in [9.17, 15) is 9.18 Å².